The van der Waals surface area contributed by atoms with Crippen LogP contribution in [0.1, 0.15) is 45.4 Å². The predicted octanol–water partition coefficient (Wildman–Crippen LogP) is 1.22. The highest BCUT2D eigenvalue weighted by atomic mass is 16.5. The van der Waals surface area contributed by atoms with Crippen molar-refractivity contribution >= 4 is 11.9 Å². The second kappa shape index (κ2) is 7.62. The molecule has 114 valence electrons. The monoisotopic (exact) mass is 282 g/mol. The van der Waals surface area contributed by atoms with Crippen LogP contribution in [0.25, 0.3) is 0 Å². The molecule has 0 aromatic rings. The quantitative estimate of drug-likeness (QED) is 0.747. The first kappa shape index (κ1) is 15.3. The third-order valence-electron chi connectivity index (χ3n) is 4.33. The topological polar surface area (TPSA) is 67.4 Å². The van der Waals surface area contributed by atoms with Crippen LogP contribution in [0, 0.1) is 11.8 Å². The van der Waals surface area contributed by atoms with E-state index in [9.17, 15) is 9.59 Å². The summed E-state index contributed by atoms with van der Waals surface area (Å²) in [4.78, 5) is 24.1. The molecule has 1 saturated carbocycles. The first-order valence-electron chi connectivity index (χ1n) is 7.90. The molecule has 0 unspecified atom stereocenters. The van der Waals surface area contributed by atoms with E-state index < -0.39 is 0 Å². The van der Waals surface area contributed by atoms with Crippen LogP contribution in [-0.2, 0) is 14.3 Å². The highest BCUT2D eigenvalue weighted by Crippen LogP contribution is 2.32. The van der Waals surface area contributed by atoms with E-state index in [1.165, 1.54) is 12.8 Å². The molecule has 1 amide bonds. The maximum absolute atomic E-state index is 12.2. The maximum Gasteiger partial charge on any atom is 0.309 e. The van der Waals surface area contributed by atoms with Crippen molar-refractivity contribution in [2.24, 2.45) is 11.8 Å². The molecule has 2 N–H and O–H groups in total. The van der Waals surface area contributed by atoms with E-state index in [0.29, 0.717) is 13.0 Å². The van der Waals surface area contributed by atoms with Gasteiger partial charge in [-0.15, -0.1) is 0 Å². The van der Waals surface area contributed by atoms with Crippen LogP contribution in [0.5, 0.6) is 0 Å². The highest BCUT2D eigenvalue weighted by molar-refractivity contribution is 5.82. The average molecular weight is 282 g/mol. The van der Waals surface area contributed by atoms with Gasteiger partial charge in [0.2, 0.25) is 5.91 Å². The third kappa shape index (κ3) is 3.95. The summed E-state index contributed by atoms with van der Waals surface area (Å²) in [5.74, 6) is -0.286. The van der Waals surface area contributed by atoms with Gasteiger partial charge in [-0.25, -0.2) is 0 Å². The van der Waals surface area contributed by atoms with Crippen molar-refractivity contribution in [1.82, 2.24) is 10.6 Å². The summed E-state index contributed by atoms with van der Waals surface area (Å²) in [5, 5.41) is 6.48. The Hall–Kier alpha value is -1.10. The van der Waals surface area contributed by atoms with Gasteiger partial charge in [-0.1, -0.05) is 12.8 Å². The van der Waals surface area contributed by atoms with E-state index in [0.717, 1.165) is 32.4 Å². The van der Waals surface area contributed by atoms with E-state index >= 15 is 0 Å². The average Bonchev–Trinajstić information content (AvgIpc) is 2.84. The number of nitrogens with one attached hydrogen (secondary N) is 2. The zero-order valence-corrected chi connectivity index (χ0v) is 12.3. The van der Waals surface area contributed by atoms with Gasteiger partial charge in [-0.05, 0) is 39.2 Å². The number of hydrogen-bond acceptors (Lipinski definition) is 4. The van der Waals surface area contributed by atoms with Crippen LogP contribution >= 0.6 is 0 Å². The number of carbonyl (C=O) groups is 2. The Morgan fingerprint density at radius 3 is 2.70 bits per heavy atom. The standard InChI is InChI=1S/C15H26N2O3/c1-2-20-15(19)11-9-12-13(10-11)16-7-5-3-4-6-8-17-14(12)18/h11-13,16H,2-10H2,1H3,(H,17,18)/t11-,12-,13+/m1/s1. The molecular formula is C15H26N2O3. The van der Waals surface area contributed by atoms with Crippen molar-refractivity contribution in [2.45, 2.75) is 51.5 Å². The zero-order valence-electron chi connectivity index (χ0n) is 12.3. The summed E-state index contributed by atoms with van der Waals surface area (Å²) in [7, 11) is 0. The normalized spacial score (nSPS) is 31.9. The summed E-state index contributed by atoms with van der Waals surface area (Å²) in [5.41, 5.74) is 0. The fraction of sp³-hybridized carbons (Fsp3) is 0.867. The number of ether oxygens (including phenoxy) is 1. The molecule has 0 aromatic carbocycles. The summed E-state index contributed by atoms with van der Waals surface area (Å²) < 4.78 is 5.10. The van der Waals surface area contributed by atoms with Gasteiger partial charge < -0.3 is 15.4 Å². The summed E-state index contributed by atoms with van der Waals surface area (Å²) in [6.07, 6.45) is 5.88. The number of hydrogen-bond donors (Lipinski definition) is 2. The zero-order chi connectivity index (χ0) is 14.4. The minimum atomic E-state index is -0.151. The molecule has 0 spiro atoms. The lowest BCUT2D eigenvalue weighted by Crippen LogP contribution is -2.41. The van der Waals surface area contributed by atoms with Crippen molar-refractivity contribution < 1.29 is 14.3 Å². The Morgan fingerprint density at radius 1 is 1.20 bits per heavy atom. The summed E-state index contributed by atoms with van der Waals surface area (Å²) >= 11 is 0. The van der Waals surface area contributed by atoms with Gasteiger partial charge in [0.25, 0.3) is 0 Å². The second-order valence-electron chi connectivity index (χ2n) is 5.79. The Balaban J connectivity index is 1.98. The number of esters is 1. The number of carbonyl (C=O) groups excluding carboxylic acids is 2. The van der Waals surface area contributed by atoms with E-state index in [4.69, 9.17) is 4.74 Å². The fourth-order valence-corrected chi connectivity index (χ4v) is 3.24. The molecule has 5 nitrogen and oxygen atoms in total. The molecule has 0 radical (unpaired) electrons. The van der Waals surface area contributed by atoms with E-state index in [1.807, 2.05) is 6.92 Å². The van der Waals surface area contributed by atoms with Crippen molar-refractivity contribution in [2.75, 3.05) is 19.7 Å². The Morgan fingerprint density at radius 2 is 1.95 bits per heavy atom. The van der Waals surface area contributed by atoms with Crippen LogP contribution in [0.15, 0.2) is 0 Å². The lowest BCUT2D eigenvalue weighted by atomic mass is 10.0. The summed E-state index contributed by atoms with van der Waals surface area (Å²) in [6.45, 7) is 3.92. The van der Waals surface area contributed by atoms with Crippen molar-refractivity contribution in [3.63, 3.8) is 0 Å². The first-order chi connectivity index (χ1) is 9.72. The molecule has 2 aliphatic rings. The van der Waals surface area contributed by atoms with Crippen LogP contribution in [0.3, 0.4) is 0 Å². The van der Waals surface area contributed by atoms with Crippen molar-refractivity contribution in [3.8, 4) is 0 Å². The minimum Gasteiger partial charge on any atom is -0.466 e. The van der Waals surface area contributed by atoms with Crippen LogP contribution in [0.4, 0.5) is 0 Å². The van der Waals surface area contributed by atoms with Gasteiger partial charge >= 0.3 is 5.97 Å². The molecule has 3 atom stereocenters. The van der Waals surface area contributed by atoms with Gasteiger partial charge in [-0.2, -0.15) is 0 Å². The SMILES string of the molecule is CCOC(=O)[C@H]1C[C@@H]2NCCCCCCNC(=O)[C@@H]2C1. The van der Waals surface area contributed by atoms with Crippen molar-refractivity contribution in [3.05, 3.63) is 0 Å². The molecule has 1 aliphatic carbocycles. The van der Waals surface area contributed by atoms with Crippen LogP contribution in [0.2, 0.25) is 0 Å². The lowest BCUT2D eigenvalue weighted by Gasteiger charge is -2.19. The Kier molecular flexibility index (Phi) is 5.83. The number of amides is 1. The Bertz CT molecular complexity index is 346. The van der Waals surface area contributed by atoms with Crippen LogP contribution < -0.4 is 10.6 Å². The van der Waals surface area contributed by atoms with E-state index in [-0.39, 0.29) is 29.8 Å². The van der Waals surface area contributed by atoms with Gasteiger partial charge in [0.1, 0.15) is 0 Å². The van der Waals surface area contributed by atoms with Crippen molar-refractivity contribution in [1.29, 1.82) is 0 Å². The van der Waals surface area contributed by atoms with Crippen LogP contribution in [-0.4, -0.2) is 37.6 Å². The van der Waals surface area contributed by atoms with Gasteiger partial charge in [0.05, 0.1) is 18.4 Å². The number of fused-ring (bicyclic) bond motifs is 1. The molecule has 5 heteroatoms. The Labute approximate surface area is 120 Å². The predicted molar refractivity (Wildman–Crippen MR) is 76.1 cm³/mol. The molecule has 1 saturated heterocycles. The first-order valence-corrected chi connectivity index (χ1v) is 7.90. The maximum atomic E-state index is 12.2. The van der Waals surface area contributed by atoms with E-state index in [1.54, 1.807) is 0 Å². The largest absolute Gasteiger partial charge is 0.466 e. The lowest BCUT2D eigenvalue weighted by molar-refractivity contribution is -0.147. The molecule has 20 heavy (non-hydrogen) atoms. The molecule has 2 rings (SSSR count). The molecule has 0 bridgehead atoms. The van der Waals surface area contributed by atoms with Gasteiger partial charge in [0.15, 0.2) is 0 Å². The molecule has 1 aliphatic heterocycles. The van der Waals surface area contributed by atoms with Gasteiger partial charge in [0, 0.05) is 12.6 Å². The molecular weight excluding hydrogens is 256 g/mol. The molecule has 1 heterocycles. The highest BCUT2D eigenvalue weighted by Gasteiger charge is 2.41. The molecule has 0 aromatic heterocycles. The number of rotatable bonds is 2. The smallest absolute Gasteiger partial charge is 0.309 e. The summed E-state index contributed by atoms with van der Waals surface area (Å²) in [6, 6.07) is 0.113. The van der Waals surface area contributed by atoms with Gasteiger partial charge in [-0.3, -0.25) is 9.59 Å². The molecule has 2 fully saturated rings. The minimum absolute atomic E-state index is 0.0937. The fourth-order valence-electron chi connectivity index (χ4n) is 3.24. The second-order valence-corrected chi connectivity index (χ2v) is 5.79. The third-order valence-corrected chi connectivity index (χ3v) is 4.33. The van der Waals surface area contributed by atoms with E-state index in [2.05, 4.69) is 10.6 Å².